The first-order valence-corrected chi connectivity index (χ1v) is 16.7. The van der Waals surface area contributed by atoms with Crippen molar-refractivity contribution in [2.45, 2.75) is 26.9 Å². The molecular weight excluding hydrogens is 426 g/mol. The van der Waals surface area contributed by atoms with E-state index in [0.29, 0.717) is 18.0 Å². The molecule has 0 radical (unpaired) electrons. The van der Waals surface area contributed by atoms with E-state index in [0.717, 1.165) is 29.3 Å². The number of rotatable bonds is 6. The zero-order valence-corrected chi connectivity index (χ0v) is 16.9. The van der Waals surface area contributed by atoms with Gasteiger partial charge in [-0.25, -0.2) is 0 Å². The van der Waals surface area contributed by atoms with Crippen LogP contribution in [-0.2, 0) is 6.18 Å². The first kappa shape index (κ1) is 18.9. The molecule has 0 aliphatic heterocycles. The van der Waals surface area contributed by atoms with Gasteiger partial charge in [0.25, 0.3) is 0 Å². The van der Waals surface area contributed by atoms with Crippen molar-refractivity contribution in [2.75, 3.05) is 6.61 Å². The molecule has 1 aromatic carbocycles. The SMILES string of the molecule is [CH3][SnH]([CH3])[CH2]CCOc1ccc(-n2cc(C(F)(F)F)ccc2=O)cc1. The van der Waals surface area contributed by atoms with Gasteiger partial charge in [-0.2, -0.15) is 13.2 Å². The third-order valence-corrected chi connectivity index (χ3v) is 8.01. The van der Waals surface area contributed by atoms with Gasteiger partial charge in [0.05, 0.1) is 0 Å². The monoisotopic (exact) mass is 447 g/mol. The molecule has 0 fully saturated rings. The van der Waals surface area contributed by atoms with Gasteiger partial charge in [-0.05, 0) is 0 Å². The van der Waals surface area contributed by atoms with Gasteiger partial charge in [0, 0.05) is 0 Å². The van der Waals surface area contributed by atoms with E-state index in [1.54, 1.807) is 24.3 Å². The second-order valence-corrected chi connectivity index (χ2v) is 15.6. The van der Waals surface area contributed by atoms with Crippen LogP contribution in [0.2, 0.25) is 14.3 Å². The predicted octanol–water partition coefficient (Wildman–Crippen LogP) is 4.11. The van der Waals surface area contributed by atoms with Gasteiger partial charge in [-0.3, -0.25) is 0 Å². The van der Waals surface area contributed by atoms with Crippen LogP contribution in [0.25, 0.3) is 5.69 Å². The standard InChI is InChI=1S/C15H13F3NO2.2CH3.Sn.H/c1-2-9-21-13-6-4-12(5-7-13)19-10-11(15(16,17)18)3-8-14(19)20;;;;/h3-8,10H,1-2,9H2;2*1H3;;. The number of hydrogen-bond donors (Lipinski definition) is 0. The third-order valence-electron chi connectivity index (χ3n) is 3.55. The second-order valence-electron chi connectivity index (χ2n) is 6.00. The predicted molar refractivity (Wildman–Crippen MR) is 90.8 cm³/mol. The Morgan fingerprint density at radius 3 is 2.33 bits per heavy atom. The summed E-state index contributed by atoms with van der Waals surface area (Å²) in [6.45, 7) is 0.637. The van der Waals surface area contributed by atoms with Gasteiger partial charge in [0.2, 0.25) is 0 Å². The average Bonchev–Trinajstić information content (AvgIpc) is 2.51. The van der Waals surface area contributed by atoms with E-state index >= 15 is 0 Å². The summed E-state index contributed by atoms with van der Waals surface area (Å²) in [6.07, 6.45) is -2.64. The zero-order chi connectivity index (χ0) is 17.7. The quantitative estimate of drug-likeness (QED) is 0.495. The van der Waals surface area contributed by atoms with Crippen LogP contribution in [-0.4, -0.2) is 30.9 Å². The van der Waals surface area contributed by atoms with E-state index in [-0.39, 0.29) is 0 Å². The number of nitrogens with zero attached hydrogens (tertiary/aromatic N) is 1. The summed E-state index contributed by atoms with van der Waals surface area (Å²) in [4.78, 5) is 16.5. The number of pyridine rings is 1. The van der Waals surface area contributed by atoms with Crippen LogP contribution in [0.1, 0.15) is 12.0 Å². The van der Waals surface area contributed by atoms with Crippen molar-refractivity contribution in [1.82, 2.24) is 4.57 Å². The van der Waals surface area contributed by atoms with Crippen LogP contribution in [0.15, 0.2) is 47.4 Å². The maximum absolute atomic E-state index is 12.8. The molecule has 1 heterocycles. The van der Waals surface area contributed by atoms with E-state index in [1.165, 1.54) is 4.44 Å². The first-order valence-electron chi connectivity index (χ1n) is 7.80. The van der Waals surface area contributed by atoms with E-state index in [4.69, 9.17) is 4.74 Å². The minimum absolute atomic E-state index is 0.372. The molecule has 2 rings (SSSR count). The van der Waals surface area contributed by atoms with E-state index in [9.17, 15) is 18.0 Å². The second kappa shape index (κ2) is 8.09. The molecule has 0 unspecified atom stereocenters. The van der Waals surface area contributed by atoms with Crippen molar-refractivity contribution in [3.8, 4) is 11.4 Å². The van der Waals surface area contributed by atoms with Crippen molar-refractivity contribution in [1.29, 1.82) is 0 Å². The molecule has 0 atom stereocenters. The Morgan fingerprint density at radius 2 is 1.75 bits per heavy atom. The molecule has 0 spiro atoms. The minimum atomic E-state index is -4.49. The third kappa shape index (κ3) is 5.29. The Balaban J connectivity index is 2.12. The van der Waals surface area contributed by atoms with Gasteiger partial charge >= 0.3 is 133 Å². The van der Waals surface area contributed by atoms with E-state index in [2.05, 4.69) is 9.88 Å². The first-order chi connectivity index (χ1) is 11.3. The summed E-state index contributed by atoms with van der Waals surface area (Å²) in [5, 5.41) is 0. The molecule has 2 aromatic rings. The van der Waals surface area contributed by atoms with Crippen molar-refractivity contribution in [2.24, 2.45) is 0 Å². The van der Waals surface area contributed by atoms with E-state index in [1.807, 2.05) is 0 Å². The Kier molecular flexibility index (Phi) is 6.37. The summed E-state index contributed by atoms with van der Waals surface area (Å²) < 4.78 is 46.2. The molecule has 0 saturated carbocycles. The molecule has 0 amide bonds. The molecule has 0 aliphatic rings. The van der Waals surface area contributed by atoms with Gasteiger partial charge < -0.3 is 0 Å². The Labute approximate surface area is 145 Å². The number of ether oxygens (including phenoxy) is 1. The van der Waals surface area contributed by atoms with Crippen LogP contribution in [0, 0.1) is 0 Å². The Bertz CT molecular complexity index is 724. The molecule has 130 valence electrons. The number of aromatic nitrogens is 1. The van der Waals surface area contributed by atoms with Crippen LogP contribution in [0.4, 0.5) is 13.2 Å². The fourth-order valence-corrected chi connectivity index (χ4v) is 5.05. The Morgan fingerprint density at radius 1 is 1.08 bits per heavy atom. The molecule has 3 nitrogen and oxygen atoms in total. The fourth-order valence-electron chi connectivity index (χ4n) is 2.24. The fraction of sp³-hybridized carbons (Fsp3) is 0.353. The molecule has 24 heavy (non-hydrogen) atoms. The molecule has 1 aromatic heterocycles. The average molecular weight is 446 g/mol. The van der Waals surface area contributed by atoms with Crippen molar-refractivity contribution >= 4 is 19.8 Å². The molecular formula is C17H20F3NO2Sn. The van der Waals surface area contributed by atoms with Crippen LogP contribution >= 0.6 is 0 Å². The summed E-state index contributed by atoms with van der Waals surface area (Å²) in [5.74, 6) is 0.651. The van der Waals surface area contributed by atoms with Gasteiger partial charge in [-0.15, -0.1) is 0 Å². The molecule has 7 heteroatoms. The topological polar surface area (TPSA) is 31.2 Å². The van der Waals surface area contributed by atoms with Crippen LogP contribution in [0.3, 0.4) is 0 Å². The van der Waals surface area contributed by atoms with Crippen LogP contribution < -0.4 is 10.3 Å². The molecule has 0 saturated heterocycles. The summed E-state index contributed by atoms with van der Waals surface area (Å²) >= 11 is -1.19. The molecule has 0 aliphatic carbocycles. The Hall–Kier alpha value is -1.44. The number of benzene rings is 1. The van der Waals surface area contributed by atoms with Gasteiger partial charge in [0.1, 0.15) is 0 Å². The maximum atomic E-state index is 12.8. The molecule has 0 N–H and O–H groups in total. The van der Waals surface area contributed by atoms with Gasteiger partial charge in [-0.1, -0.05) is 0 Å². The normalized spacial score (nSPS) is 11.8. The van der Waals surface area contributed by atoms with Crippen molar-refractivity contribution in [3.63, 3.8) is 0 Å². The summed E-state index contributed by atoms with van der Waals surface area (Å²) in [6, 6.07) is 8.21. The summed E-state index contributed by atoms with van der Waals surface area (Å²) in [7, 11) is 0. The number of hydrogen-bond acceptors (Lipinski definition) is 2. The van der Waals surface area contributed by atoms with Crippen molar-refractivity contribution in [3.05, 3.63) is 58.5 Å². The van der Waals surface area contributed by atoms with Gasteiger partial charge in [0.15, 0.2) is 0 Å². The zero-order valence-electron chi connectivity index (χ0n) is 13.6. The number of alkyl halides is 3. The number of halogens is 3. The molecule has 0 bridgehead atoms. The summed E-state index contributed by atoms with van der Waals surface area (Å²) in [5.41, 5.74) is -1.000. The van der Waals surface area contributed by atoms with Crippen LogP contribution in [0.5, 0.6) is 5.75 Å². The van der Waals surface area contributed by atoms with Crippen molar-refractivity contribution < 1.29 is 17.9 Å². The van der Waals surface area contributed by atoms with E-state index < -0.39 is 37.1 Å².